The van der Waals surface area contributed by atoms with Gasteiger partial charge < -0.3 is 41.7 Å². The predicted molar refractivity (Wildman–Crippen MR) is 152 cm³/mol. The first-order chi connectivity index (χ1) is 19.4. The average molecular weight is 541 g/mol. The molecule has 0 spiro atoms. The Labute approximate surface area is 228 Å². The number of hydrogen-bond donors (Lipinski definition) is 8. The zero-order valence-electron chi connectivity index (χ0n) is 21.4. The molecular weight excluding hydrogens is 512 g/mol. The fourth-order valence-electron chi connectivity index (χ4n) is 6.35. The number of aliphatic hydroxyl groups is 4. The summed E-state index contributed by atoms with van der Waals surface area (Å²) in [4.78, 5) is 27.8. The molecule has 4 aromatic rings. The van der Waals surface area contributed by atoms with Gasteiger partial charge in [-0.3, -0.25) is 9.59 Å². The van der Waals surface area contributed by atoms with Crippen LogP contribution < -0.4 is 21.3 Å². The van der Waals surface area contributed by atoms with E-state index in [1.807, 2.05) is 48.5 Å². The molecule has 204 valence electrons. The molecule has 4 aromatic carbocycles. The first-order valence-electron chi connectivity index (χ1n) is 13.1. The summed E-state index contributed by atoms with van der Waals surface area (Å²) in [5.41, 5.74) is 0.876. The zero-order valence-corrected chi connectivity index (χ0v) is 21.4. The smallest absolute Gasteiger partial charge is 0.162 e. The van der Waals surface area contributed by atoms with Crippen LogP contribution in [0.2, 0.25) is 0 Å². The highest BCUT2D eigenvalue weighted by Gasteiger charge is 2.53. The van der Waals surface area contributed by atoms with E-state index in [9.17, 15) is 30.0 Å². The quantitative estimate of drug-likeness (QED) is 0.170. The summed E-state index contributed by atoms with van der Waals surface area (Å²) in [5, 5.41) is 56.4. The molecule has 0 bridgehead atoms. The molecule has 1 saturated carbocycles. The Kier molecular flexibility index (Phi) is 5.35. The fraction of sp³-hybridized carbons (Fsp3) is 0.267. The van der Waals surface area contributed by atoms with E-state index >= 15 is 0 Å². The number of rotatable bonds is 6. The van der Waals surface area contributed by atoms with Crippen LogP contribution in [-0.4, -0.2) is 69.7 Å². The van der Waals surface area contributed by atoms with Gasteiger partial charge in [-0.2, -0.15) is 0 Å². The van der Waals surface area contributed by atoms with Crippen LogP contribution in [0.5, 0.6) is 0 Å². The van der Waals surface area contributed by atoms with E-state index < -0.39 is 49.6 Å². The maximum atomic E-state index is 13.9. The maximum Gasteiger partial charge on any atom is 0.162 e. The lowest BCUT2D eigenvalue weighted by atomic mass is 9.64. The number of benzene rings is 4. The second-order valence-electron chi connectivity index (χ2n) is 10.8. The number of anilines is 4. The molecular formula is C30H28N4O6. The van der Waals surface area contributed by atoms with Gasteiger partial charge >= 0.3 is 0 Å². The molecule has 0 radical (unpaired) electrons. The van der Waals surface area contributed by atoms with Gasteiger partial charge in [-0.15, -0.1) is 0 Å². The summed E-state index contributed by atoms with van der Waals surface area (Å²) in [6.07, 6.45) is 0. The number of aliphatic hydroxyl groups excluding tert-OH is 4. The minimum atomic E-state index is -1.26. The zero-order chi connectivity index (χ0) is 27.8. The number of hydrogen-bond acceptors (Lipinski definition) is 10. The molecule has 10 heteroatoms. The summed E-state index contributed by atoms with van der Waals surface area (Å²) in [6.45, 7) is -1.71. The van der Waals surface area contributed by atoms with Crippen LogP contribution in [-0.2, 0) is 9.59 Å². The van der Waals surface area contributed by atoms with Gasteiger partial charge in [-0.25, -0.2) is 0 Å². The number of Topliss-reactive ketones (excluding diaryl/α,β-unsaturated/α-hetero) is 2. The Balaban J connectivity index is 1.33. The Morgan fingerprint density at radius 1 is 0.550 bits per heavy atom. The molecule has 1 fully saturated rings. The van der Waals surface area contributed by atoms with E-state index in [4.69, 9.17) is 0 Å². The largest absolute Gasteiger partial charge is 0.392 e. The second-order valence-corrected chi connectivity index (χ2v) is 10.8. The topological polar surface area (TPSA) is 163 Å². The highest BCUT2D eigenvalue weighted by molar-refractivity contribution is 6.33. The van der Waals surface area contributed by atoms with Crippen molar-refractivity contribution >= 4 is 55.9 Å². The van der Waals surface area contributed by atoms with Crippen molar-refractivity contribution < 1.29 is 30.0 Å². The second kappa shape index (κ2) is 8.64. The van der Waals surface area contributed by atoms with Crippen LogP contribution >= 0.6 is 0 Å². The van der Waals surface area contributed by atoms with E-state index in [0.29, 0.717) is 33.9 Å². The summed E-state index contributed by atoms with van der Waals surface area (Å²) < 4.78 is 0. The Morgan fingerprint density at radius 3 is 1.32 bits per heavy atom. The van der Waals surface area contributed by atoms with Gasteiger partial charge in [0.1, 0.15) is 11.8 Å². The molecule has 1 aliphatic carbocycles. The molecule has 0 atom stereocenters. The third-order valence-electron chi connectivity index (χ3n) is 8.47. The Bertz CT molecular complexity index is 1590. The lowest BCUT2D eigenvalue weighted by Gasteiger charge is -2.43. The standard InChI is InChI=1S/C30H28N4O6/c35-11-29(12-36)31-19-5-1-3-15-7-9-17(25(33-29)21(15)19)23-27(39)24(28(23)40)18-10-8-16-4-2-6-20-22(16)26(18)34-30(13-37,14-38)32-20/h1-10,23-24,31-38H,11-14H2. The highest BCUT2D eigenvalue weighted by atomic mass is 16.3. The minimum absolute atomic E-state index is 0.274. The molecule has 10 nitrogen and oxygen atoms in total. The Morgan fingerprint density at radius 2 is 0.950 bits per heavy atom. The summed E-state index contributed by atoms with van der Waals surface area (Å²) in [5.74, 6) is -2.61. The van der Waals surface area contributed by atoms with E-state index in [1.165, 1.54) is 0 Å². The summed E-state index contributed by atoms with van der Waals surface area (Å²) in [7, 11) is 0. The van der Waals surface area contributed by atoms with Gasteiger partial charge in [0.2, 0.25) is 0 Å². The van der Waals surface area contributed by atoms with Crippen molar-refractivity contribution in [3.63, 3.8) is 0 Å². The summed E-state index contributed by atoms with van der Waals surface area (Å²) >= 11 is 0. The first kappa shape index (κ1) is 24.8. The van der Waals surface area contributed by atoms with Gasteiger partial charge in [0.25, 0.3) is 0 Å². The van der Waals surface area contributed by atoms with Crippen molar-refractivity contribution in [3.8, 4) is 0 Å². The normalized spacial score (nSPS) is 21.7. The van der Waals surface area contributed by atoms with Gasteiger partial charge in [-0.1, -0.05) is 48.5 Å². The lowest BCUT2D eigenvalue weighted by molar-refractivity contribution is -0.142. The van der Waals surface area contributed by atoms with Crippen LogP contribution in [0.25, 0.3) is 21.5 Å². The van der Waals surface area contributed by atoms with Gasteiger partial charge in [0, 0.05) is 22.1 Å². The lowest BCUT2D eigenvalue weighted by Crippen LogP contribution is -2.55. The van der Waals surface area contributed by atoms with Crippen LogP contribution in [0, 0.1) is 0 Å². The van der Waals surface area contributed by atoms with Gasteiger partial charge in [-0.05, 0) is 34.0 Å². The van der Waals surface area contributed by atoms with Crippen molar-refractivity contribution in [1.82, 2.24) is 0 Å². The monoisotopic (exact) mass is 540 g/mol. The van der Waals surface area contributed by atoms with Crippen molar-refractivity contribution in [2.45, 2.75) is 23.2 Å². The summed E-state index contributed by atoms with van der Waals surface area (Å²) in [6, 6.07) is 18.4. The van der Waals surface area contributed by atoms with Gasteiger partial charge in [0.05, 0.1) is 37.8 Å². The van der Waals surface area contributed by atoms with Crippen molar-refractivity contribution in [3.05, 3.63) is 71.8 Å². The molecule has 0 aromatic heterocycles. The van der Waals surface area contributed by atoms with Gasteiger partial charge in [0.15, 0.2) is 22.9 Å². The van der Waals surface area contributed by atoms with Crippen LogP contribution in [0.15, 0.2) is 60.7 Å². The SMILES string of the molecule is O=C1C(c2ccc3cccc4c3c2NC(CO)(CO)N4)C(=O)C1c1ccc2cccc3c2c1NC(CO)(CO)N3. The molecule has 2 heterocycles. The van der Waals surface area contributed by atoms with E-state index in [1.54, 1.807) is 12.1 Å². The molecule has 2 aliphatic heterocycles. The maximum absolute atomic E-state index is 13.9. The van der Waals surface area contributed by atoms with Crippen LogP contribution in [0.4, 0.5) is 22.7 Å². The molecule has 0 amide bonds. The highest BCUT2D eigenvalue weighted by Crippen LogP contribution is 2.51. The number of nitrogens with one attached hydrogen (secondary N) is 4. The predicted octanol–water partition coefficient (Wildman–Crippen LogP) is 2.05. The average Bonchev–Trinajstić information content (AvgIpc) is 2.99. The molecule has 7 rings (SSSR count). The van der Waals surface area contributed by atoms with Crippen LogP contribution in [0.3, 0.4) is 0 Å². The van der Waals surface area contributed by atoms with Crippen molar-refractivity contribution in [2.24, 2.45) is 0 Å². The number of carbonyl (C=O) groups excluding carboxylic acids is 2. The Hall–Kier alpha value is -4.22. The van der Waals surface area contributed by atoms with Crippen LogP contribution in [0.1, 0.15) is 23.0 Å². The molecule has 40 heavy (non-hydrogen) atoms. The molecule has 8 N–H and O–H groups in total. The van der Waals surface area contributed by atoms with E-state index in [-0.39, 0.29) is 11.6 Å². The molecule has 0 saturated heterocycles. The first-order valence-corrected chi connectivity index (χ1v) is 13.1. The van der Waals surface area contributed by atoms with Crippen molar-refractivity contribution in [1.29, 1.82) is 0 Å². The van der Waals surface area contributed by atoms with E-state index in [0.717, 1.165) is 21.5 Å². The minimum Gasteiger partial charge on any atom is -0.392 e. The van der Waals surface area contributed by atoms with E-state index in [2.05, 4.69) is 21.3 Å². The fourth-order valence-corrected chi connectivity index (χ4v) is 6.35. The number of ketones is 2. The molecule has 0 unspecified atom stereocenters. The third kappa shape index (κ3) is 3.24. The number of carbonyl (C=O) groups is 2. The molecule has 3 aliphatic rings. The van der Waals surface area contributed by atoms with Crippen molar-refractivity contribution in [2.75, 3.05) is 47.7 Å². The third-order valence-corrected chi connectivity index (χ3v) is 8.47.